The number of methoxy groups -OCH3 is 2. The molecule has 0 spiro atoms. The molecule has 13 heteroatoms. The number of hydrogen-bond donors (Lipinski definition) is 0. The van der Waals surface area contributed by atoms with Crippen molar-refractivity contribution < 1.29 is 37.5 Å². The van der Waals surface area contributed by atoms with Gasteiger partial charge in [0.05, 0.1) is 38.0 Å². The first-order valence-electron chi connectivity index (χ1n) is 18.0. The molecule has 1 saturated heterocycles. The van der Waals surface area contributed by atoms with Crippen LogP contribution in [0.25, 0.3) is 4.85 Å². The van der Waals surface area contributed by atoms with Crippen LogP contribution in [0.15, 0.2) is 95.9 Å². The van der Waals surface area contributed by atoms with Gasteiger partial charge in [0.15, 0.2) is 5.75 Å². The Morgan fingerprint density at radius 3 is 2.04 bits per heavy atom. The largest absolute Gasteiger partial charge is 0.497 e. The van der Waals surface area contributed by atoms with Gasteiger partial charge < -0.3 is 42.1 Å². The average molecular weight is 772 g/mol. The fraction of sp³-hybridized carbons (Fsp3) is 0.405. The third kappa shape index (κ3) is 9.62. The monoisotopic (exact) mass is 771 g/mol. The quantitative estimate of drug-likeness (QED) is 0.0373. The SMILES string of the molecule is [C-]#[N+]CCOP(OC1C[C@H](n2ccc(=O)c(OC(=O)C(C)(C)C)c2C)OC1COC(c1ccccc1)(c1ccc(OC)cc1)c1ccc(OC)cc1)N(C)C. The molecule has 1 aliphatic heterocycles. The van der Waals surface area contributed by atoms with E-state index < -0.39 is 49.4 Å². The molecule has 2 heterocycles. The number of benzene rings is 3. The van der Waals surface area contributed by atoms with E-state index in [0.717, 1.165) is 16.7 Å². The summed E-state index contributed by atoms with van der Waals surface area (Å²) in [6, 6.07) is 26.9. The minimum absolute atomic E-state index is 0.0525. The van der Waals surface area contributed by atoms with Crippen molar-refractivity contribution in [3.63, 3.8) is 0 Å². The van der Waals surface area contributed by atoms with Crippen molar-refractivity contribution in [2.45, 2.75) is 58.2 Å². The molecule has 12 nitrogen and oxygen atoms in total. The number of rotatable bonds is 16. The van der Waals surface area contributed by atoms with Crippen LogP contribution in [0.1, 0.15) is 55.8 Å². The molecular formula is C42H50N3O9P. The van der Waals surface area contributed by atoms with E-state index in [1.165, 1.54) is 6.07 Å². The Morgan fingerprint density at radius 2 is 1.51 bits per heavy atom. The van der Waals surface area contributed by atoms with E-state index in [1.807, 2.05) is 97.6 Å². The number of nitrogens with zero attached hydrogens (tertiary/aromatic N) is 3. The lowest BCUT2D eigenvalue weighted by Gasteiger charge is -2.37. The van der Waals surface area contributed by atoms with Crippen LogP contribution in [0.4, 0.5) is 0 Å². The van der Waals surface area contributed by atoms with Gasteiger partial charge in [-0.15, -0.1) is 0 Å². The standard InChI is InChI=1S/C42H50N3O9P/c1-29-39(53-40(47)41(2,3)4)35(46)23-25-45(29)38-27-36(54-55(44(6)7)51-26-24-43-5)37(52-38)28-50-42(30-13-11-10-12-14-30,31-15-19-33(48-8)20-16-31)32-17-21-34(49-9)22-18-32/h10-23,25,36-38H,24,26-28H2,1-4,6-9H3/t36?,37?,38-,55?/m1/s1. The third-order valence-corrected chi connectivity index (χ3v) is 10.7. The van der Waals surface area contributed by atoms with Crippen molar-refractivity contribution in [1.82, 2.24) is 9.24 Å². The summed E-state index contributed by atoms with van der Waals surface area (Å²) in [5.41, 5.74) is 0.692. The van der Waals surface area contributed by atoms with Crippen LogP contribution in [0.3, 0.4) is 0 Å². The molecule has 292 valence electrons. The third-order valence-electron chi connectivity index (χ3n) is 9.22. The van der Waals surface area contributed by atoms with E-state index in [9.17, 15) is 9.59 Å². The van der Waals surface area contributed by atoms with Crippen molar-refractivity contribution >= 4 is 14.5 Å². The van der Waals surface area contributed by atoms with Gasteiger partial charge in [0, 0.05) is 18.7 Å². The van der Waals surface area contributed by atoms with E-state index in [2.05, 4.69) is 4.85 Å². The van der Waals surface area contributed by atoms with Crippen LogP contribution in [-0.2, 0) is 28.9 Å². The summed E-state index contributed by atoms with van der Waals surface area (Å²) in [7, 11) is 5.39. The summed E-state index contributed by atoms with van der Waals surface area (Å²) in [5, 5.41) is 0. The Labute approximate surface area is 324 Å². The molecule has 0 N–H and O–H groups in total. The zero-order valence-electron chi connectivity index (χ0n) is 32.7. The van der Waals surface area contributed by atoms with Gasteiger partial charge >= 0.3 is 5.97 Å². The number of pyridine rings is 1. The Bertz CT molecular complexity index is 1930. The fourth-order valence-electron chi connectivity index (χ4n) is 6.25. The average Bonchev–Trinajstić information content (AvgIpc) is 3.58. The van der Waals surface area contributed by atoms with Gasteiger partial charge in [-0.3, -0.25) is 9.59 Å². The normalized spacial score (nSPS) is 17.8. The highest BCUT2D eigenvalue weighted by Crippen LogP contribution is 2.48. The summed E-state index contributed by atoms with van der Waals surface area (Å²) < 4.78 is 47.1. The van der Waals surface area contributed by atoms with E-state index in [1.54, 1.807) is 52.7 Å². The maximum absolute atomic E-state index is 13.0. The van der Waals surface area contributed by atoms with E-state index >= 15 is 0 Å². The lowest BCUT2D eigenvalue weighted by atomic mass is 9.80. The van der Waals surface area contributed by atoms with Crippen molar-refractivity contribution in [3.05, 3.63) is 135 Å². The van der Waals surface area contributed by atoms with Gasteiger partial charge in [-0.1, -0.05) is 54.6 Å². The van der Waals surface area contributed by atoms with E-state index in [4.69, 9.17) is 39.3 Å². The first kappa shape index (κ1) is 41.6. The van der Waals surface area contributed by atoms with Crippen molar-refractivity contribution in [2.75, 3.05) is 48.1 Å². The highest BCUT2D eigenvalue weighted by Gasteiger charge is 2.44. The molecule has 55 heavy (non-hydrogen) atoms. The number of aromatic nitrogens is 1. The second-order valence-electron chi connectivity index (χ2n) is 14.3. The van der Waals surface area contributed by atoms with Crippen LogP contribution >= 0.6 is 8.53 Å². The molecule has 3 unspecified atom stereocenters. The molecule has 0 bridgehead atoms. The van der Waals surface area contributed by atoms with Crippen molar-refractivity contribution in [2.24, 2.45) is 5.41 Å². The number of carbonyl (C=O) groups is 1. The maximum atomic E-state index is 13.0. The van der Waals surface area contributed by atoms with Gasteiger partial charge in [-0.2, -0.15) is 0 Å². The highest BCUT2D eigenvalue weighted by molar-refractivity contribution is 7.44. The van der Waals surface area contributed by atoms with E-state index in [0.29, 0.717) is 23.6 Å². The highest BCUT2D eigenvalue weighted by atomic mass is 31.2. The topological polar surface area (TPSA) is 111 Å². The van der Waals surface area contributed by atoms with Gasteiger partial charge in [0.2, 0.25) is 12.0 Å². The zero-order chi connectivity index (χ0) is 39.8. The maximum Gasteiger partial charge on any atom is 0.316 e. The second-order valence-corrected chi connectivity index (χ2v) is 16.0. The molecule has 1 aliphatic rings. The first-order chi connectivity index (χ1) is 26.3. The zero-order valence-corrected chi connectivity index (χ0v) is 33.6. The molecule has 4 aromatic rings. The molecule has 0 radical (unpaired) electrons. The van der Waals surface area contributed by atoms with Crippen LogP contribution in [0.5, 0.6) is 17.2 Å². The molecule has 0 aliphatic carbocycles. The number of carbonyl (C=O) groups excluding carboxylic acids is 1. The minimum atomic E-state index is -1.58. The van der Waals surface area contributed by atoms with Gasteiger partial charge in [0.1, 0.15) is 36.0 Å². The summed E-state index contributed by atoms with van der Waals surface area (Å²) >= 11 is 0. The van der Waals surface area contributed by atoms with Gasteiger partial charge in [-0.05, 0) is 82.7 Å². The fourth-order valence-corrected chi connectivity index (χ4v) is 7.42. The molecule has 1 aromatic heterocycles. The minimum Gasteiger partial charge on any atom is -0.497 e. The summed E-state index contributed by atoms with van der Waals surface area (Å²) in [6.45, 7) is 14.6. The Kier molecular flexibility index (Phi) is 13.9. The summed E-state index contributed by atoms with van der Waals surface area (Å²) in [4.78, 5) is 29.3. The lowest BCUT2D eigenvalue weighted by Crippen LogP contribution is -2.38. The van der Waals surface area contributed by atoms with Crippen LogP contribution in [-0.4, -0.2) is 75.5 Å². The predicted octanol–water partition coefficient (Wildman–Crippen LogP) is 7.53. The Morgan fingerprint density at radius 1 is 0.927 bits per heavy atom. The van der Waals surface area contributed by atoms with E-state index in [-0.39, 0.29) is 25.5 Å². The molecular weight excluding hydrogens is 721 g/mol. The molecule has 3 aromatic carbocycles. The van der Waals surface area contributed by atoms with Crippen LogP contribution < -0.4 is 19.6 Å². The molecule has 0 amide bonds. The van der Waals surface area contributed by atoms with Gasteiger partial charge in [0.25, 0.3) is 8.53 Å². The van der Waals surface area contributed by atoms with Crippen molar-refractivity contribution in [3.8, 4) is 17.2 Å². The first-order valence-corrected chi connectivity index (χ1v) is 19.1. The smallest absolute Gasteiger partial charge is 0.316 e. The number of hydrogen-bond acceptors (Lipinski definition) is 10. The Balaban J connectivity index is 1.58. The molecule has 5 rings (SSSR count). The molecule has 1 fully saturated rings. The Hall–Kier alpha value is -4.60. The molecule has 0 saturated carbocycles. The van der Waals surface area contributed by atoms with Crippen molar-refractivity contribution in [1.29, 1.82) is 0 Å². The summed E-state index contributed by atoms with van der Waals surface area (Å²) in [5.74, 6) is 0.835. The molecule has 4 atom stereocenters. The number of esters is 1. The second kappa shape index (κ2) is 18.4. The number of ether oxygens (including phenoxy) is 5. The van der Waals surface area contributed by atoms with Crippen LogP contribution in [0, 0.1) is 18.9 Å². The van der Waals surface area contributed by atoms with Crippen LogP contribution in [0.2, 0.25) is 0 Å². The lowest BCUT2D eigenvalue weighted by molar-refractivity contribution is -0.143. The van der Waals surface area contributed by atoms with Gasteiger partial charge in [-0.25, -0.2) is 11.2 Å². The summed E-state index contributed by atoms with van der Waals surface area (Å²) in [6.07, 6.45) is 0.180. The predicted molar refractivity (Wildman–Crippen MR) is 210 cm³/mol.